The fourth-order valence-electron chi connectivity index (χ4n) is 4.12. The van der Waals surface area contributed by atoms with Crippen LogP contribution in [0.2, 0.25) is 5.02 Å². The molecule has 0 spiro atoms. The van der Waals surface area contributed by atoms with Crippen molar-refractivity contribution in [3.63, 3.8) is 0 Å². The molecule has 2 aliphatic rings. The molecule has 1 aromatic heterocycles. The first-order valence-corrected chi connectivity index (χ1v) is 12.8. The van der Waals surface area contributed by atoms with Crippen LogP contribution in [0.15, 0.2) is 58.0 Å². The fraction of sp³-hybridized carbons (Fsp3) is 0.250. The Kier molecular flexibility index (Phi) is 6.45. The molecule has 2 saturated heterocycles. The molecule has 0 saturated carbocycles. The maximum absolute atomic E-state index is 13.1. The summed E-state index contributed by atoms with van der Waals surface area (Å²) in [5.41, 5.74) is 3.25. The van der Waals surface area contributed by atoms with Crippen LogP contribution in [-0.2, 0) is 16.1 Å². The number of rotatable bonds is 5. The highest BCUT2D eigenvalue weighted by Gasteiger charge is 2.34. The number of hydrogen-bond acceptors (Lipinski definition) is 4. The smallest absolute Gasteiger partial charge is 0.266 e. The standard InChI is InChI=1S/C24H20BrClN2O2S2/c25-17-5-8-21-20(11-17)16(13-27(21)12-15-3-6-18(26)7-4-15)10-22-23(29)28(24(31)32-22)14-19-2-1-9-30-19/h3-8,10-11,13,19H,1-2,9,12,14H2/b22-10-/t19-/m0/s1. The van der Waals surface area contributed by atoms with Crippen molar-refractivity contribution in [1.29, 1.82) is 0 Å². The third-order valence-electron chi connectivity index (χ3n) is 5.71. The van der Waals surface area contributed by atoms with Gasteiger partial charge in [-0.25, -0.2) is 0 Å². The third kappa shape index (κ3) is 4.54. The van der Waals surface area contributed by atoms with Gasteiger partial charge in [-0.1, -0.05) is 63.6 Å². The van der Waals surface area contributed by atoms with Crippen molar-refractivity contribution in [2.45, 2.75) is 25.5 Å². The molecule has 1 amide bonds. The van der Waals surface area contributed by atoms with Crippen molar-refractivity contribution in [2.75, 3.05) is 13.2 Å². The number of carbonyl (C=O) groups is 1. The predicted octanol–water partition coefficient (Wildman–Crippen LogP) is 6.49. The van der Waals surface area contributed by atoms with Gasteiger partial charge >= 0.3 is 0 Å². The summed E-state index contributed by atoms with van der Waals surface area (Å²) in [6.07, 6.45) is 6.15. The van der Waals surface area contributed by atoms with Crippen molar-refractivity contribution >= 4 is 78.7 Å². The Labute approximate surface area is 209 Å². The van der Waals surface area contributed by atoms with E-state index in [4.69, 9.17) is 28.6 Å². The van der Waals surface area contributed by atoms with Crippen molar-refractivity contribution in [2.24, 2.45) is 0 Å². The van der Waals surface area contributed by atoms with Crippen LogP contribution in [0.25, 0.3) is 17.0 Å². The average Bonchev–Trinajstić information content (AvgIpc) is 3.46. The molecule has 5 rings (SSSR count). The van der Waals surface area contributed by atoms with Crippen LogP contribution in [0.5, 0.6) is 0 Å². The molecule has 0 unspecified atom stereocenters. The van der Waals surface area contributed by atoms with E-state index in [0.29, 0.717) is 22.3 Å². The minimum Gasteiger partial charge on any atom is -0.376 e. The molecule has 0 radical (unpaired) electrons. The van der Waals surface area contributed by atoms with Gasteiger partial charge in [-0.2, -0.15) is 0 Å². The molecule has 1 atom stereocenters. The first-order chi connectivity index (χ1) is 15.5. The van der Waals surface area contributed by atoms with Crippen LogP contribution in [0.1, 0.15) is 24.0 Å². The second kappa shape index (κ2) is 9.31. The molecule has 2 fully saturated rings. The molecule has 164 valence electrons. The van der Waals surface area contributed by atoms with E-state index in [1.807, 2.05) is 36.4 Å². The zero-order chi connectivity index (χ0) is 22.2. The largest absolute Gasteiger partial charge is 0.376 e. The lowest BCUT2D eigenvalue weighted by Gasteiger charge is -2.18. The molecule has 0 bridgehead atoms. The van der Waals surface area contributed by atoms with Gasteiger partial charge in [0.25, 0.3) is 5.91 Å². The lowest BCUT2D eigenvalue weighted by atomic mass is 10.1. The van der Waals surface area contributed by atoms with Gasteiger partial charge < -0.3 is 9.30 Å². The normalized spacial score (nSPS) is 20.2. The molecule has 3 heterocycles. The number of aromatic nitrogens is 1. The number of halogens is 2. The van der Waals surface area contributed by atoms with E-state index >= 15 is 0 Å². The number of thiocarbonyl (C=S) groups is 1. The topological polar surface area (TPSA) is 34.5 Å². The van der Waals surface area contributed by atoms with Crippen LogP contribution in [0, 0.1) is 0 Å². The highest BCUT2D eigenvalue weighted by molar-refractivity contribution is 9.10. The molecule has 32 heavy (non-hydrogen) atoms. The van der Waals surface area contributed by atoms with Crippen molar-refractivity contribution in [3.8, 4) is 0 Å². The summed E-state index contributed by atoms with van der Waals surface area (Å²) < 4.78 is 9.50. The Morgan fingerprint density at radius 3 is 2.81 bits per heavy atom. The second-order valence-electron chi connectivity index (χ2n) is 7.93. The maximum Gasteiger partial charge on any atom is 0.266 e. The Morgan fingerprint density at radius 2 is 2.06 bits per heavy atom. The summed E-state index contributed by atoms with van der Waals surface area (Å²) in [4.78, 5) is 15.4. The zero-order valence-corrected chi connectivity index (χ0v) is 21.1. The molecular weight excluding hydrogens is 528 g/mol. The van der Waals surface area contributed by atoms with Crippen molar-refractivity contribution in [1.82, 2.24) is 9.47 Å². The van der Waals surface area contributed by atoms with Crippen LogP contribution < -0.4 is 0 Å². The molecule has 2 aromatic carbocycles. The quantitative estimate of drug-likeness (QED) is 0.270. The SMILES string of the molecule is O=C1/C(=C/c2cn(Cc3ccc(Cl)cc3)c3ccc(Br)cc23)SC(=S)N1C[C@@H]1CCCO1. The maximum atomic E-state index is 13.1. The Bertz CT molecular complexity index is 1230. The zero-order valence-electron chi connectivity index (χ0n) is 17.1. The second-order valence-corrected chi connectivity index (χ2v) is 11.0. The lowest BCUT2D eigenvalue weighted by Crippen LogP contribution is -2.35. The van der Waals surface area contributed by atoms with Gasteiger partial charge in [0.15, 0.2) is 0 Å². The molecule has 8 heteroatoms. The number of carbonyl (C=O) groups excluding carboxylic acids is 1. The summed E-state index contributed by atoms with van der Waals surface area (Å²) in [5.74, 6) is -0.0379. The van der Waals surface area contributed by atoms with Gasteiger partial charge in [0.1, 0.15) is 4.32 Å². The molecule has 3 aromatic rings. The van der Waals surface area contributed by atoms with E-state index in [-0.39, 0.29) is 12.0 Å². The Balaban J connectivity index is 1.47. The Morgan fingerprint density at radius 1 is 1.25 bits per heavy atom. The van der Waals surface area contributed by atoms with E-state index in [1.165, 1.54) is 11.8 Å². The number of nitrogens with zero attached hydrogens (tertiary/aromatic N) is 2. The fourth-order valence-corrected chi connectivity index (χ4v) is 5.87. The van der Waals surface area contributed by atoms with Gasteiger partial charge in [0.05, 0.1) is 17.6 Å². The van der Waals surface area contributed by atoms with Gasteiger partial charge in [-0.3, -0.25) is 9.69 Å². The van der Waals surface area contributed by atoms with Gasteiger partial charge in [0, 0.05) is 45.3 Å². The molecule has 0 N–H and O–H groups in total. The molecule has 2 aliphatic heterocycles. The first-order valence-electron chi connectivity index (χ1n) is 10.4. The van der Waals surface area contributed by atoms with E-state index in [0.717, 1.165) is 51.0 Å². The van der Waals surface area contributed by atoms with Gasteiger partial charge in [0.2, 0.25) is 0 Å². The highest BCUT2D eigenvalue weighted by atomic mass is 79.9. The summed E-state index contributed by atoms with van der Waals surface area (Å²) in [7, 11) is 0. The number of hydrogen-bond donors (Lipinski definition) is 0. The van der Waals surface area contributed by atoms with E-state index in [2.05, 4.69) is 38.8 Å². The number of amides is 1. The summed E-state index contributed by atoms with van der Waals surface area (Å²) in [6, 6.07) is 14.1. The van der Waals surface area contributed by atoms with Crippen LogP contribution >= 0.6 is 51.5 Å². The lowest BCUT2D eigenvalue weighted by molar-refractivity contribution is -0.123. The van der Waals surface area contributed by atoms with Crippen molar-refractivity contribution in [3.05, 3.63) is 74.2 Å². The average molecular weight is 548 g/mol. The molecular formula is C24H20BrClN2O2S2. The first kappa shape index (κ1) is 22.2. The summed E-state index contributed by atoms with van der Waals surface area (Å²) in [6.45, 7) is 2.01. The summed E-state index contributed by atoms with van der Waals surface area (Å²) in [5, 5.41) is 1.80. The van der Waals surface area contributed by atoms with Crippen molar-refractivity contribution < 1.29 is 9.53 Å². The number of fused-ring (bicyclic) bond motifs is 1. The predicted molar refractivity (Wildman–Crippen MR) is 139 cm³/mol. The third-order valence-corrected chi connectivity index (χ3v) is 7.83. The minimum absolute atomic E-state index is 0.0379. The molecule has 4 nitrogen and oxygen atoms in total. The van der Waals surface area contributed by atoms with Gasteiger partial charge in [-0.15, -0.1) is 0 Å². The Hall–Kier alpha value is -1.64. The number of benzene rings is 2. The van der Waals surface area contributed by atoms with Crippen LogP contribution in [0.4, 0.5) is 0 Å². The number of ether oxygens (including phenoxy) is 1. The van der Waals surface area contributed by atoms with Crippen LogP contribution in [-0.4, -0.2) is 39.0 Å². The van der Waals surface area contributed by atoms with E-state index < -0.39 is 0 Å². The number of thioether (sulfide) groups is 1. The van der Waals surface area contributed by atoms with E-state index in [9.17, 15) is 4.79 Å². The van der Waals surface area contributed by atoms with Gasteiger partial charge in [-0.05, 0) is 54.8 Å². The minimum atomic E-state index is -0.0379. The molecule has 0 aliphatic carbocycles. The van der Waals surface area contributed by atoms with Crippen LogP contribution in [0.3, 0.4) is 0 Å². The van der Waals surface area contributed by atoms with E-state index in [1.54, 1.807) is 4.90 Å². The summed E-state index contributed by atoms with van der Waals surface area (Å²) >= 11 is 16.5. The highest BCUT2D eigenvalue weighted by Crippen LogP contribution is 2.36. The monoisotopic (exact) mass is 546 g/mol.